The Hall–Kier alpha value is -2.44. The molecule has 24 heavy (non-hydrogen) atoms. The van der Waals surface area contributed by atoms with Crippen molar-refractivity contribution in [2.24, 2.45) is 0 Å². The number of benzene rings is 1. The predicted octanol–water partition coefficient (Wildman–Crippen LogP) is 3.37. The number of nitrogens with zero attached hydrogens (tertiary/aromatic N) is 1. The number of nitrogens with one attached hydrogen (secondary N) is 2. The van der Waals surface area contributed by atoms with Crippen LogP contribution in [0.2, 0.25) is 0 Å². The molecule has 5 nitrogen and oxygen atoms in total. The van der Waals surface area contributed by atoms with Gasteiger partial charge in [0.05, 0.1) is 4.88 Å². The first kappa shape index (κ1) is 17.9. The van der Waals surface area contributed by atoms with Gasteiger partial charge in [-0.3, -0.25) is 9.59 Å². The molecule has 0 unspecified atom stereocenters. The highest BCUT2D eigenvalue weighted by atomic mass is 32.1. The molecule has 2 aromatic rings. The standard InChI is InChI=1S/C18H21N3O2S/c1-13-6-11-16(24-13)18(23)20-15-9-7-14(8-10-15)19-17(22)5-4-12-21(2)3/h4-11H,12H2,1-3H3,(H,19,22)(H,20,23)/b5-4+. The summed E-state index contributed by atoms with van der Waals surface area (Å²) in [5.41, 5.74) is 1.37. The van der Waals surface area contributed by atoms with Gasteiger partial charge in [-0.15, -0.1) is 11.3 Å². The van der Waals surface area contributed by atoms with E-state index in [1.165, 1.54) is 17.4 Å². The van der Waals surface area contributed by atoms with Crippen molar-refractivity contribution in [3.05, 3.63) is 58.3 Å². The van der Waals surface area contributed by atoms with Gasteiger partial charge < -0.3 is 15.5 Å². The zero-order valence-electron chi connectivity index (χ0n) is 14.0. The first-order chi connectivity index (χ1) is 11.4. The first-order valence-electron chi connectivity index (χ1n) is 7.54. The van der Waals surface area contributed by atoms with Crippen molar-refractivity contribution in [3.8, 4) is 0 Å². The molecule has 1 aromatic heterocycles. The highest BCUT2D eigenvalue weighted by molar-refractivity contribution is 7.14. The zero-order valence-corrected chi connectivity index (χ0v) is 14.8. The third-order valence-electron chi connectivity index (χ3n) is 3.11. The Balaban J connectivity index is 1.89. The SMILES string of the molecule is Cc1ccc(C(=O)Nc2ccc(NC(=O)/C=C/CN(C)C)cc2)s1. The lowest BCUT2D eigenvalue weighted by molar-refractivity contribution is -0.111. The summed E-state index contributed by atoms with van der Waals surface area (Å²) in [6.45, 7) is 2.67. The Bertz CT molecular complexity index is 733. The molecule has 0 spiro atoms. The van der Waals surface area contributed by atoms with Gasteiger partial charge in [-0.2, -0.15) is 0 Å². The second kappa shape index (κ2) is 8.42. The Morgan fingerprint density at radius 1 is 1.04 bits per heavy atom. The molecule has 6 heteroatoms. The molecule has 0 aliphatic rings. The number of amides is 2. The minimum absolute atomic E-state index is 0.128. The lowest BCUT2D eigenvalue weighted by atomic mass is 10.2. The van der Waals surface area contributed by atoms with Crippen molar-refractivity contribution < 1.29 is 9.59 Å². The van der Waals surface area contributed by atoms with Gasteiger partial charge >= 0.3 is 0 Å². The van der Waals surface area contributed by atoms with Crippen LogP contribution in [0.5, 0.6) is 0 Å². The van der Waals surface area contributed by atoms with E-state index in [9.17, 15) is 9.59 Å². The van der Waals surface area contributed by atoms with Gasteiger partial charge in [0.2, 0.25) is 5.91 Å². The van der Waals surface area contributed by atoms with Crippen LogP contribution in [-0.4, -0.2) is 37.4 Å². The third kappa shape index (κ3) is 5.64. The molecular formula is C18H21N3O2S. The van der Waals surface area contributed by atoms with E-state index in [2.05, 4.69) is 10.6 Å². The lowest BCUT2D eigenvalue weighted by Gasteiger charge is -2.07. The fourth-order valence-corrected chi connectivity index (χ4v) is 2.70. The number of hydrogen-bond donors (Lipinski definition) is 2. The summed E-state index contributed by atoms with van der Waals surface area (Å²) in [6.07, 6.45) is 3.31. The van der Waals surface area contributed by atoms with Gasteiger partial charge in [0.25, 0.3) is 5.91 Å². The minimum atomic E-state index is -0.178. The van der Waals surface area contributed by atoms with Crippen LogP contribution in [0.25, 0.3) is 0 Å². The van der Waals surface area contributed by atoms with Crippen LogP contribution in [0.15, 0.2) is 48.6 Å². The van der Waals surface area contributed by atoms with E-state index < -0.39 is 0 Å². The summed E-state index contributed by atoms with van der Waals surface area (Å²) in [5.74, 6) is -0.306. The van der Waals surface area contributed by atoms with Gasteiger partial charge in [-0.25, -0.2) is 0 Å². The van der Waals surface area contributed by atoms with Gasteiger partial charge in [-0.05, 0) is 57.4 Å². The molecule has 126 valence electrons. The van der Waals surface area contributed by atoms with Crippen LogP contribution in [-0.2, 0) is 4.79 Å². The molecule has 0 radical (unpaired) electrons. The molecule has 0 aliphatic heterocycles. The van der Waals surface area contributed by atoms with Crippen LogP contribution in [0, 0.1) is 6.92 Å². The molecule has 2 amide bonds. The van der Waals surface area contributed by atoms with Crippen molar-refractivity contribution in [1.82, 2.24) is 4.90 Å². The van der Waals surface area contributed by atoms with Crippen molar-refractivity contribution in [2.75, 3.05) is 31.3 Å². The summed E-state index contributed by atoms with van der Waals surface area (Å²) in [5, 5.41) is 5.61. The number of rotatable bonds is 6. The average Bonchev–Trinajstić information content (AvgIpc) is 2.95. The smallest absolute Gasteiger partial charge is 0.265 e. The number of hydrogen-bond acceptors (Lipinski definition) is 4. The molecule has 0 aliphatic carbocycles. The van der Waals surface area contributed by atoms with Crippen molar-refractivity contribution >= 4 is 34.5 Å². The molecule has 2 N–H and O–H groups in total. The maximum absolute atomic E-state index is 12.1. The quantitative estimate of drug-likeness (QED) is 0.791. The molecule has 0 atom stereocenters. The van der Waals surface area contributed by atoms with Crippen molar-refractivity contribution in [3.63, 3.8) is 0 Å². The lowest BCUT2D eigenvalue weighted by Crippen LogP contribution is -2.13. The summed E-state index contributed by atoms with van der Waals surface area (Å²) in [4.78, 5) is 27.6. The van der Waals surface area contributed by atoms with Crippen molar-refractivity contribution in [2.45, 2.75) is 6.92 Å². The highest BCUT2D eigenvalue weighted by Gasteiger charge is 2.08. The van der Waals surface area contributed by atoms with Crippen LogP contribution in [0.4, 0.5) is 11.4 Å². The largest absolute Gasteiger partial charge is 0.323 e. The first-order valence-corrected chi connectivity index (χ1v) is 8.36. The number of likely N-dealkylation sites (N-methyl/N-ethyl adjacent to an activating group) is 1. The van der Waals surface area contributed by atoms with Crippen molar-refractivity contribution in [1.29, 1.82) is 0 Å². The Morgan fingerprint density at radius 2 is 1.67 bits per heavy atom. The molecule has 0 saturated carbocycles. The number of anilines is 2. The summed E-state index contributed by atoms with van der Waals surface area (Å²) >= 11 is 1.46. The molecule has 2 rings (SSSR count). The van der Waals surface area contributed by atoms with E-state index >= 15 is 0 Å². The van der Waals surface area contributed by atoms with E-state index in [0.717, 1.165) is 4.88 Å². The van der Waals surface area contributed by atoms with E-state index in [1.54, 1.807) is 30.3 Å². The maximum atomic E-state index is 12.1. The summed E-state index contributed by atoms with van der Waals surface area (Å²) in [7, 11) is 3.87. The van der Waals surface area contributed by atoms with Gasteiger partial charge in [0, 0.05) is 28.9 Å². The second-order valence-electron chi connectivity index (χ2n) is 5.60. The van der Waals surface area contributed by atoms with Crippen LogP contribution < -0.4 is 10.6 Å². The van der Waals surface area contributed by atoms with E-state index in [1.807, 2.05) is 38.1 Å². The number of thiophene rings is 1. The topological polar surface area (TPSA) is 61.4 Å². The summed E-state index contributed by atoms with van der Waals surface area (Å²) < 4.78 is 0. The van der Waals surface area contributed by atoms with Crippen LogP contribution in [0.1, 0.15) is 14.5 Å². The zero-order chi connectivity index (χ0) is 17.5. The fraction of sp³-hybridized carbons (Fsp3) is 0.222. The maximum Gasteiger partial charge on any atom is 0.265 e. The average molecular weight is 343 g/mol. The highest BCUT2D eigenvalue weighted by Crippen LogP contribution is 2.18. The summed E-state index contributed by atoms with van der Waals surface area (Å²) in [6, 6.07) is 10.8. The predicted molar refractivity (Wildman–Crippen MR) is 99.8 cm³/mol. The second-order valence-corrected chi connectivity index (χ2v) is 6.88. The molecule has 1 aromatic carbocycles. The van der Waals surface area contributed by atoms with E-state index in [-0.39, 0.29) is 11.8 Å². The molecule has 1 heterocycles. The normalized spacial score (nSPS) is 11.0. The minimum Gasteiger partial charge on any atom is -0.323 e. The molecule has 0 fully saturated rings. The Kier molecular flexibility index (Phi) is 6.28. The Labute approximate surface area is 146 Å². The number of carbonyl (C=O) groups excluding carboxylic acids is 2. The van der Waals surface area contributed by atoms with Gasteiger partial charge in [0.1, 0.15) is 0 Å². The Morgan fingerprint density at radius 3 is 2.21 bits per heavy atom. The molecule has 0 saturated heterocycles. The van der Waals surface area contributed by atoms with Gasteiger partial charge in [0.15, 0.2) is 0 Å². The monoisotopic (exact) mass is 343 g/mol. The van der Waals surface area contributed by atoms with E-state index in [4.69, 9.17) is 0 Å². The third-order valence-corrected chi connectivity index (χ3v) is 4.11. The van der Waals surface area contributed by atoms with Crippen LogP contribution in [0.3, 0.4) is 0 Å². The van der Waals surface area contributed by atoms with Gasteiger partial charge in [-0.1, -0.05) is 6.08 Å². The van der Waals surface area contributed by atoms with Crippen LogP contribution >= 0.6 is 11.3 Å². The number of carbonyl (C=O) groups is 2. The fourth-order valence-electron chi connectivity index (χ4n) is 1.94. The number of aryl methyl sites for hydroxylation is 1. The van der Waals surface area contributed by atoms with E-state index in [0.29, 0.717) is 22.8 Å². The molecule has 0 bridgehead atoms. The molecular weight excluding hydrogens is 322 g/mol.